The lowest BCUT2D eigenvalue weighted by molar-refractivity contribution is 1.08. The number of fused-ring (bicyclic) bond motifs is 15. The highest BCUT2D eigenvalue weighted by atomic mass is 15.1. The summed E-state index contributed by atoms with van der Waals surface area (Å²) in [4.78, 5) is 59.9. The van der Waals surface area contributed by atoms with Gasteiger partial charge in [0.2, 0.25) is 0 Å². The molecule has 0 amide bonds. The fraction of sp³-hybridized carbons (Fsp3) is 0. The molecule has 27 aromatic rings. The van der Waals surface area contributed by atoms with Gasteiger partial charge in [-0.05, 0) is 275 Å². The van der Waals surface area contributed by atoms with Crippen LogP contribution >= 0.6 is 0 Å². The number of rotatable bonds is 9. The smallest absolute Gasteiger partial charge is 0.165 e. The van der Waals surface area contributed by atoms with Gasteiger partial charge in [0.25, 0.3) is 0 Å². The third-order valence-corrected chi connectivity index (χ3v) is 25.4. The molecular weight excluding hydrogens is 1610 g/mol. The Kier molecular flexibility index (Phi) is 18.6. The van der Waals surface area contributed by atoms with Crippen LogP contribution in [0.25, 0.3) is 264 Å². The van der Waals surface area contributed by atoms with Crippen LogP contribution in [-0.4, -0.2) is 59.8 Å². The number of hydrogen-bond acceptors (Lipinski definition) is 12. The second-order valence-corrected chi connectivity index (χ2v) is 33.5. The van der Waals surface area contributed by atoms with Crippen LogP contribution in [0.3, 0.4) is 0 Å². The minimum atomic E-state index is 0.629. The second-order valence-electron chi connectivity index (χ2n) is 33.5. The largest absolute Gasteiger partial charge is 0.256 e. The third-order valence-electron chi connectivity index (χ3n) is 25.4. The summed E-state index contributed by atoms with van der Waals surface area (Å²) in [6.07, 6.45) is 5.45. The van der Waals surface area contributed by atoms with Crippen molar-refractivity contribution in [2.45, 2.75) is 0 Å². The van der Waals surface area contributed by atoms with Crippen LogP contribution in [0.4, 0.5) is 0 Å². The van der Waals surface area contributed by atoms with Crippen molar-refractivity contribution in [3.8, 4) is 102 Å². The molecule has 12 nitrogen and oxygen atoms in total. The summed E-state index contributed by atoms with van der Waals surface area (Å²) in [5.41, 5.74) is 11.5. The average molecular weight is 1680 g/mol. The van der Waals surface area contributed by atoms with Crippen LogP contribution in [0.15, 0.2) is 437 Å². The topological polar surface area (TPSA) is 155 Å². The van der Waals surface area contributed by atoms with E-state index in [0.29, 0.717) is 52.4 Å². The molecule has 132 heavy (non-hydrogen) atoms. The van der Waals surface area contributed by atoms with Crippen LogP contribution in [0.5, 0.6) is 0 Å². The first kappa shape index (κ1) is 76.4. The van der Waals surface area contributed by atoms with Crippen LogP contribution in [0, 0.1) is 0 Å². The maximum atomic E-state index is 5.33. The molecule has 0 aliphatic heterocycles. The van der Waals surface area contributed by atoms with Crippen molar-refractivity contribution in [2.75, 3.05) is 0 Å². The van der Waals surface area contributed by atoms with E-state index in [1.165, 1.54) is 53.9 Å². The number of benzene rings is 21. The molecule has 27 rings (SSSR count). The Labute approximate surface area is 756 Å². The Morgan fingerprint density at radius 2 is 0.333 bits per heavy atom. The monoisotopic (exact) mass is 1680 g/mol. The van der Waals surface area contributed by atoms with E-state index in [0.717, 1.165) is 158 Å². The van der Waals surface area contributed by atoms with Crippen LogP contribution in [0.2, 0.25) is 0 Å². The van der Waals surface area contributed by atoms with Crippen molar-refractivity contribution in [1.29, 1.82) is 0 Å². The molecule has 0 spiro atoms. The fourth-order valence-electron chi connectivity index (χ4n) is 18.9. The Morgan fingerprint density at radius 1 is 0.121 bits per heavy atom. The van der Waals surface area contributed by atoms with E-state index in [4.69, 9.17) is 44.9 Å². The minimum absolute atomic E-state index is 0.629. The molecule has 612 valence electrons. The van der Waals surface area contributed by atoms with E-state index in [2.05, 4.69) is 385 Å². The molecule has 21 aromatic carbocycles. The highest BCUT2D eigenvalue weighted by Crippen LogP contribution is 2.43. The predicted molar refractivity (Wildman–Crippen MR) is 544 cm³/mol. The molecule has 6 heterocycles. The fourth-order valence-corrected chi connectivity index (χ4v) is 18.9. The van der Waals surface area contributed by atoms with Crippen LogP contribution in [-0.2, 0) is 0 Å². The summed E-state index contributed by atoms with van der Waals surface area (Å²) in [6, 6.07) is 146. The zero-order valence-electron chi connectivity index (χ0n) is 70.9. The minimum Gasteiger partial charge on any atom is -0.256 e. The Balaban J connectivity index is 0.000000106. The van der Waals surface area contributed by atoms with Crippen molar-refractivity contribution in [3.63, 3.8) is 0 Å². The summed E-state index contributed by atoms with van der Waals surface area (Å²) in [7, 11) is 0. The van der Waals surface area contributed by atoms with Crippen LogP contribution < -0.4 is 0 Å². The van der Waals surface area contributed by atoms with E-state index in [1.807, 2.05) is 67.1 Å². The first-order chi connectivity index (χ1) is 65.3. The van der Waals surface area contributed by atoms with E-state index >= 15 is 0 Å². The van der Waals surface area contributed by atoms with Gasteiger partial charge in [-0.25, -0.2) is 44.9 Å². The van der Waals surface area contributed by atoms with Crippen molar-refractivity contribution < 1.29 is 0 Å². The summed E-state index contributed by atoms with van der Waals surface area (Å²) in [6.45, 7) is 0. The summed E-state index contributed by atoms with van der Waals surface area (Å²) in [5.74, 6) is 5.78. The van der Waals surface area contributed by atoms with Gasteiger partial charge in [0.05, 0.1) is 16.6 Å². The van der Waals surface area contributed by atoms with Crippen molar-refractivity contribution in [2.24, 2.45) is 0 Å². The summed E-state index contributed by atoms with van der Waals surface area (Å²) < 4.78 is 0. The average Bonchev–Trinajstić information content (AvgIpc) is 0.739. The van der Waals surface area contributed by atoms with Gasteiger partial charge in [0.15, 0.2) is 52.4 Å². The molecule has 0 radical (unpaired) electrons. The van der Waals surface area contributed by atoms with E-state index < -0.39 is 0 Å². The highest BCUT2D eigenvalue weighted by molar-refractivity contribution is 6.15. The second kappa shape index (κ2) is 32.1. The molecule has 0 saturated heterocycles. The van der Waals surface area contributed by atoms with Crippen molar-refractivity contribution in [1.82, 2.24) is 59.8 Å². The lowest BCUT2D eigenvalue weighted by Gasteiger charge is -2.15. The standard InChI is InChI=1S/3C40H24N4/c1-5-15-31-25(10-1)22-26-11-2-6-16-32(26)36(31)39-42-38(30-19-20-35-29(24-30)14-9-21-41-35)43-40(44-39)37-33-17-7-3-12-27(33)23-28-13-4-8-18-34(28)37;1-3-10-27-23-35-29(20-25(27)8-1)12-5-15-33(35)39-42-38(32-17-18-37-31(22-32)14-7-19-41-37)43-40(44-39)34-16-6-13-30-21-26-9-2-4-11-28(26)24-36(30)34;1-3-8-27-20-35-23-32(13-11-29(35)18-25(27)6-1)38-42-39(44-40(43-38)34-15-16-37-31(22-34)10-5-17-41-37)33-14-12-30-19-26-7-2-4-9-28(26)21-36(30)24-33/h3*1-24H. The summed E-state index contributed by atoms with van der Waals surface area (Å²) in [5, 5.41) is 31.0. The van der Waals surface area contributed by atoms with Gasteiger partial charge in [-0.2, -0.15) is 0 Å². The number of nitrogens with zero attached hydrogens (tertiary/aromatic N) is 12. The number of pyridine rings is 3. The lowest BCUT2D eigenvalue weighted by Crippen LogP contribution is -2.02. The number of aromatic nitrogens is 12. The Morgan fingerprint density at radius 3 is 0.667 bits per heavy atom. The molecule has 12 heteroatoms. The van der Waals surface area contributed by atoms with E-state index in [9.17, 15) is 0 Å². The molecule has 6 aromatic heterocycles. The van der Waals surface area contributed by atoms with Gasteiger partial charge < -0.3 is 0 Å². The van der Waals surface area contributed by atoms with Gasteiger partial charge in [-0.1, -0.05) is 273 Å². The lowest BCUT2D eigenvalue weighted by atomic mass is 9.95. The molecule has 0 atom stereocenters. The maximum absolute atomic E-state index is 5.33. The molecule has 0 aliphatic carbocycles. The Bertz CT molecular complexity index is 8910. The highest BCUT2D eigenvalue weighted by Gasteiger charge is 2.24. The molecular formula is C120H72N12. The SMILES string of the molecule is c1ccc2cc3c(-c4nc(-c5ccc6ncccc6c5)nc(-c5cccc6cc7ccccc7cc56)n4)cccc3cc2c1.c1ccc2cc3cc(-c4nc(-c5ccc6cc7ccccc7cc6c5)nc(-c5ccc6ncccc6c5)n4)ccc3cc2c1.c1cnc2ccc(-c3nc(-c4c5ccccc5cc5ccccc45)nc(-c4c5ccccc5cc5ccccc45)n3)cc2c1. The van der Waals surface area contributed by atoms with Gasteiger partial charge >= 0.3 is 0 Å². The molecule has 0 unspecified atom stereocenters. The maximum Gasteiger partial charge on any atom is 0.165 e. The van der Waals surface area contributed by atoms with Gasteiger partial charge in [-0.15, -0.1) is 0 Å². The normalized spacial score (nSPS) is 11.6. The summed E-state index contributed by atoms with van der Waals surface area (Å²) >= 11 is 0. The quantitative estimate of drug-likeness (QED) is 0.126. The predicted octanol–water partition coefficient (Wildman–Crippen LogP) is 30.1. The first-order valence-electron chi connectivity index (χ1n) is 44.2. The number of hydrogen-bond donors (Lipinski definition) is 0. The Hall–Kier alpha value is -18.0. The molecule has 0 N–H and O–H groups in total. The van der Waals surface area contributed by atoms with Gasteiger partial charge in [0, 0.05) is 84.8 Å². The molecule has 0 fully saturated rings. The van der Waals surface area contributed by atoms with E-state index in [-0.39, 0.29) is 0 Å². The van der Waals surface area contributed by atoms with Crippen LogP contribution in [0.1, 0.15) is 0 Å². The first-order valence-corrected chi connectivity index (χ1v) is 44.2. The zero-order chi connectivity index (χ0) is 87.1. The molecule has 0 bridgehead atoms. The molecule has 0 saturated carbocycles. The molecule has 0 aliphatic rings. The van der Waals surface area contributed by atoms with Crippen molar-refractivity contribution >= 4 is 162 Å². The zero-order valence-corrected chi connectivity index (χ0v) is 70.9. The van der Waals surface area contributed by atoms with Gasteiger partial charge in [0.1, 0.15) is 0 Å². The van der Waals surface area contributed by atoms with Crippen molar-refractivity contribution in [3.05, 3.63) is 437 Å². The van der Waals surface area contributed by atoms with Gasteiger partial charge in [-0.3, -0.25) is 15.0 Å². The van der Waals surface area contributed by atoms with E-state index in [1.54, 1.807) is 0 Å². The third kappa shape index (κ3) is 14.2.